The van der Waals surface area contributed by atoms with Crippen LogP contribution in [0.1, 0.15) is 44.7 Å². The topological polar surface area (TPSA) is 94.5 Å². The Hall–Kier alpha value is -2.57. The predicted octanol–water partition coefficient (Wildman–Crippen LogP) is 1.80. The van der Waals surface area contributed by atoms with Gasteiger partial charge in [0.1, 0.15) is 5.75 Å². The highest BCUT2D eigenvalue weighted by molar-refractivity contribution is 5.99. The number of hydrogen-bond acceptors (Lipinski definition) is 4. The molecule has 3 aliphatic rings. The Bertz CT molecular complexity index is 771. The van der Waals surface area contributed by atoms with Crippen LogP contribution in [-0.2, 0) is 9.59 Å². The van der Waals surface area contributed by atoms with E-state index in [9.17, 15) is 9.59 Å². The molecule has 4 rings (SSSR count). The van der Waals surface area contributed by atoms with Gasteiger partial charge in [-0.1, -0.05) is 18.2 Å². The van der Waals surface area contributed by atoms with Gasteiger partial charge in [-0.15, -0.1) is 0 Å². The molecule has 2 amide bonds. The zero-order chi connectivity index (χ0) is 19.2. The van der Waals surface area contributed by atoms with E-state index in [1.54, 1.807) is 0 Å². The van der Waals surface area contributed by atoms with Gasteiger partial charge < -0.3 is 15.4 Å². The second-order valence-corrected chi connectivity index (χ2v) is 8.38. The zero-order valence-electron chi connectivity index (χ0n) is 15.7. The van der Waals surface area contributed by atoms with Crippen LogP contribution in [0.4, 0.5) is 0 Å². The number of guanidine groups is 1. The Labute approximate surface area is 159 Å². The van der Waals surface area contributed by atoms with E-state index in [2.05, 4.69) is 10.6 Å². The molecule has 7 nitrogen and oxygen atoms in total. The van der Waals surface area contributed by atoms with Crippen LogP contribution in [-0.4, -0.2) is 41.4 Å². The second-order valence-electron chi connectivity index (χ2n) is 8.38. The van der Waals surface area contributed by atoms with Gasteiger partial charge in [0.15, 0.2) is 5.96 Å². The Balaban J connectivity index is 1.34. The predicted molar refractivity (Wildman–Crippen MR) is 100 cm³/mol. The van der Waals surface area contributed by atoms with Gasteiger partial charge in [-0.3, -0.25) is 19.9 Å². The molecule has 1 saturated carbocycles. The minimum atomic E-state index is -0.387. The maximum absolute atomic E-state index is 12.7. The highest BCUT2D eigenvalue weighted by Gasteiger charge is 2.47. The lowest BCUT2D eigenvalue weighted by Crippen LogP contribution is -2.60. The number of fused-ring (bicyclic) bond motifs is 1. The smallest absolute Gasteiger partial charge is 0.231 e. The minimum absolute atomic E-state index is 0.0268. The van der Waals surface area contributed by atoms with Crippen molar-refractivity contribution in [1.29, 1.82) is 5.41 Å². The van der Waals surface area contributed by atoms with E-state index in [0.29, 0.717) is 19.6 Å². The first kappa shape index (κ1) is 17.8. The Morgan fingerprint density at radius 2 is 2.19 bits per heavy atom. The van der Waals surface area contributed by atoms with Crippen molar-refractivity contribution in [2.75, 3.05) is 13.2 Å². The summed E-state index contributed by atoms with van der Waals surface area (Å²) in [6.45, 7) is 4.85. The molecule has 2 fully saturated rings. The van der Waals surface area contributed by atoms with Gasteiger partial charge in [0.05, 0.1) is 12.6 Å². The summed E-state index contributed by atoms with van der Waals surface area (Å²) < 4.78 is 5.65. The second kappa shape index (κ2) is 6.55. The average Bonchev–Trinajstić information content (AvgIpc) is 3.37. The number of rotatable bonds is 4. The third-order valence-electron chi connectivity index (χ3n) is 5.57. The third-order valence-corrected chi connectivity index (χ3v) is 5.57. The molecule has 144 valence electrons. The molecule has 1 saturated heterocycles. The van der Waals surface area contributed by atoms with Crippen molar-refractivity contribution >= 4 is 17.8 Å². The van der Waals surface area contributed by atoms with Crippen LogP contribution in [0, 0.1) is 17.2 Å². The maximum atomic E-state index is 12.7. The Kier molecular flexibility index (Phi) is 4.32. The number of carbonyl (C=O) groups is 2. The quantitative estimate of drug-likeness (QED) is 0.753. The van der Waals surface area contributed by atoms with Gasteiger partial charge >= 0.3 is 0 Å². The highest BCUT2D eigenvalue weighted by Crippen LogP contribution is 2.41. The van der Waals surface area contributed by atoms with Crippen LogP contribution in [0.15, 0.2) is 24.3 Å². The fraction of sp³-hybridized carbons (Fsp3) is 0.550. The summed E-state index contributed by atoms with van der Waals surface area (Å²) >= 11 is 0. The Morgan fingerprint density at radius 1 is 1.41 bits per heavy atom. The van der Waals surface area contributed by atoms with Gasteiger partial charge in [-0.05, 0) is 32.3 Å². The molecular weight excluding hydrogens is 344 g/mol. The molecule has 3 N–H and O–H groups in total. The molecule has 0 bridgehead atoms. The van der Waals surface area contributed by atoms with E-state index >= 15 is 0 Å². The van der Waals surface area contributed by atoms with Crippen molar-refractivity contribution in [3.05, 3.63) is 29.8 Å². The summed E-state index contributed by atoms with van der Waals surface area (Å²) in [4.78, 5) is 26.5. The van der Waals surface area contributed by atoms with Crippen molar-refractivity contribution < 1.29 is 14.3 Å². The number of nitrogens with one attached hydrogen (secondary N) is 3. The van der Waals surface area contributed by atoms with Gasteiger partial charge in [-0.2, -0.15) is 0 Å². The maximum Gasteiger partial charge on any atom is 0.231 e. The van der Waals surface area contributed by atoms with Gasteiger partial charge in [0.2, 0.25) is 11.8 Å². The molecule has 2 aliphatic heterocycles. The molecule has 1 aromatic carbocycles. The molecule has 1 unspecified atom stereocenters. The molecule has 1 aromatic rings. The minimum Gasteiger partial charge on any atom is -0.493 e. The van der Waals surface area contributed by atoms with E-state index in [-0.39, 0.29) is 41.2 Å². The number of ether oxygens (including phenoxy) is 1. The van der Waals surface area contributed by atoms with Crippen molar-refractivity contribution in [1.82, 2.24) is 15.5 Å². The zero-order valence-corrected chi connectivity index (χ0v) is 15.7. The summed E-state index contributed by atoms with van der Waals surface area (Å²) in [5, 5.41) is 14.3. The van der Waals surface area contributed by atoms with Crippen LogP contribution >= 0.6 is 0 Å². The Morgan fingerprint density at radius 3 is 2.96 bits per heavy atom. The first-order chi connectivity index (χ1) is 12.8. The van der Waals surface area contributed by atoms with Crippen LogP contribution in [0.2, 0.25) is 0 Å². The van der Waals surface area contributed by atoms with Crippen LogP contribution in [0.5, 0.6) is 5.75 Å². The van der Waals surface area contributed by atoms with Crippen molar-refractivity contribution in [3.63, 3.8) is 0 Å². The van der Waals surface area contributed by atoms with E-state index in [0.717, 1.165) is 24.2 Å². The normalized spacial score (nSPS) is 28.7. The standard InChI is InChI=1S/C20H26N4O3/c1-20(2)10-17(25)24(19(21)23-20)11-12-9-14(12)18(26)22-15-7-8-27-16-6-4-3-5-13(15)16/h3-6,12,14-15H,7-11H2,1-2H3,(H2,21,23)(H,22,26)/t12?,14-,15+/m1/s1. The molecule has 1 aliphatic carbocycles. The van der Waals surface area contributed by atoms with Crippen molar-refractivity contribution in [2.45, 2.75) is 44.7 Å². The first-order valence-corrected chi connectivity index (χ1v) is 9.53. The molecule has 0 radical (unpaired) electrons. The summed E-state index contributed by atoms with van der Waals surface area (Å²) in [6, 6.07) is 7.77. The third kappa shape index (κ3) is 3.63. The number of para-hydroxylation sites is 1. The number of nitrogens with zero attached hydrogens (tertiary/aromatic N) is 1. The van der Waals surface area contributed by atoms with E-state index in [1.165, 1.54) is 4.90 Å². The van der Waals surface area contributed by atoms with Crippen LogP contribution in [0.25, 0.3) is 0 Å². The number of carbonyl (C=O) groups excluding carboxylic acids is 2. The molecular formula is C20H26N4O3. The number of amides is 2. The van der Waals surface area contributed by atoms with E-state index < -0.39 is 0 Å². The van der Waals surface area contributed by atoms with Gasteiger partial charge in [0, 0.05) is 36.4 Å². The molecule has 3 atom stereocenters. The molecule has 2 heterocycles. The van der Waals surface area contributed by atoms with Crippen molar-refractivity contribution in [2.24, 2.45) is 11.8 Å². The van der Waals surface area contributed by atoms with Crippen molar-refractivity contribution in [3.8, 4) is 5.75 Å². The largest absolute Gasteiger partial charge is 0.493 e. The van der Waals surface area contributed by atoms with Gasteiger partial charge in [0.25, 0.3) is 0 Å². The average molecular weight is 370 g/mol. The molecule has 7 heteroatoms. The highest BCUT2D eigenvalue weighted by atomic mass is 16.5. The lowest BCUT2D eigenvalue weighted by molar-refractivity contribution is -0.131. The van der Waals surface area contributed by atoms with E-state index in [1.807, 2.05) is 38.1 Å². The molecule has 0 spiro atoms. The van der Waals surface area contributed by atoms with Crippen LogP contribution < -0.4 is 15.4 Å². The summed E-state index contributed by atoms with van der Waals surface area (Å²) in [6.07, 6.45) is 1.88. The fourth-order valence-corrected chi connectivity index (χ4v) is 4.00. The summed E-state index contributed by atoms with van der Waals surface area (Å²) in [5.74, 6) is 0.991. The summed E-state index contributed by atoms with van der Waals surface area (Å²) in [7, 11) is 0. The fourth-order valence-electron chi connectivity index (χ4n) is 4.00. The monoisotopic (exact) mass is 370 g/mol. The van der Waals surface area contributed by atoms with Gasteiger partial charge in [-0.25, -0.2) is 0 Å². The molecule has 27 heavy (non-hydrogen) atoms. The van der Waals surface area contributed by atoms with Crippen LogP contribution in [0.3, 0.4) is 0 Å². The lowest BCUT2D eigenvalue weighted by atomic mass is 9.97. The molecule has 0 aromatic heterocycles. The van der Waals surface area contributed by atoms with E-state index in [4.69, 9.17) is 10.1 Å². The number of hydrogen-bond donors (Lipinski definition) is 3. The SMILES string of the molecule is CC1(C)CC(=O)N(CC2C[C@H]2C(=O)N[C@H]2CCOc3ccccc32)C(=N)N1. The lowest BCUT2D eigenvalue weighted by Gasteiger charge is -2.38. The first-order valence-electron chi connectivity index (χ1n) is 9.53. The number of benzene rings is 1. The summed E-state index contributed by atoms with van der Waals surface area (Å²) in [5.41, 5.74) is 0.634.